The first-order chi connectivity index (χ1) is 14.2. The summed E-state index contributed by atoms with van der Waals surface area (Å²) >= 11 is 0. The molecule has 2 N–H and O–H groups in total. The Hall–Kier alpha value is -3.28. The van der Waals surface area contributed by atoms with Crippen LogP contribution in [0.3, 0.4) is 0 Å². The van der Waals surface area contributed by atoms with Crippen LogP contribution in [-0.2, 0) is 16.0 Å². The van der Waals surface area contributed by atoms with Gasteiger partial charge >= 0.3 is 0 Å². The maximum absolute atomic E-state index is 12.7. The fraction of sp³-hybridized carbons (Fsp3) is 0.304. The van der Waals surface area contributed by atoms with Gasteiger partial charge in [0.05, 0.1) is 18.2 Å². The van der Waals surface area contributed by atoms with E-state index in [1.54, 1.807) is 4.90 Å². The summed E-state index contributed by atoms with van der Waals surface area (Å²) in [6.45, 7) is 3.49. The van der Waals surface area contributed by atoms with E-state index in [1.165, 1.54) is 10.9 Å². The predicted molar refractivity (Wildman–Crippen MR) is 113 cm³/mol. The Morgan fingerprint density at radius 3 is 2.86 bits per heavy atom. The highest BCUT2D eigenvalue weighted by Gasteiger charge is 2.34. The minimum Gasteiger partial charge on any atom is -0.492 e. The molecule has 0 bridgehead atoms. The van der Waals surface area contributed by atoms with E-state index < -0.39 is 0 Å². The molecule has 1 fully saturated rings. The van der Waals surface area contributed by atoms with Crippen molar-refractivity contribution in [2.24, 2.45) is 5.92 Å². The van der Waals surface area contributed by atoms with E-state index in [4.69, 9.17) is 4.74 Å². The van der Waals surface area contributed by atoms with Crippen LogP contribution < -0.4 is 10.1 Å². The summed E-state index contributed by atoms with van der Waals surface area (Å²) in [4.78, 5) is 30.2. The van der Waals surface area contributed by atoms with Gasteiger partial charge in [-0.15, -0.1) is 0 Å². The number of amides is 2. The summed E-state index contributed by atoms with van der Waals surface area (Å²) in [6, 6.07) is 15.5. The number of carbonyl (C=O) groups is 2. The number of rotatable bonds is 7. The Morgan fingerprint density at radius 2 is 2.00 bits per heavy atom. The van der Waals surface area contributed by atoms with E-state index in [0.29, 0.717) is 31.1 Å². The molecule has 6 heteroatoms. The Balaban J connectivity index is 1.37. The van der Waals surface area contributed by atoms with E-state index in [2.05, 4.69) is 16.4 Å². The zero-order chi connectivity index (χ0) is 20.2. The number of carbonyl (C=O) groups excluding carboxylic acids is 2. The number of aromatic nitrogens is 1. The number of benzene rings is 2. The Kier molecular flexibility index (Phi) is 5.51. The maximum atomic E-state index is 12.7. The number of H-pyrrole nitrogens is 1. The summed E-state index contributed by atoms with van der Waals surface area (Å²) in [5.74, 6) is 0.187. The number of hydrogen-bond acceptors (Lipinski definition) is 3. The standard InChI is InChI=1S/C23H25N3O3/c1-2-29-21-10-6-5-9-20(21)25-23(28)17-13-22(27)26(15-17)12-11-16-14-24-19-8-4-3-7-18(16)19/h3-10,14,17,24H,2,11-13,15H2,1H3,(H,25,28). The molecular weight excluding hydrogens is 366 g/mol. The zero-order valence-corrected chi connectivity index (χ0v) is 16.5. The summed E-state index contributed by atoms with van der Waals surface area (Å²) < 4.78 is 5.56. The topological polar surface area (TPSA) is 74.4 Å². The highest BCUT2D eigenvalue weighted by molar-refractivity contribution is 5.98. The molecule has 0 aliphatic carbocycles. The molecule has 2 aromatic carbocycles. The minimum atomic E-state index is -0.347. The number of para-hydroxylation sites is 3. The van der Waals surface area contributed by atoms with Gasteiger partial charge in [-0.1, -0.05) is 30.3 Å². The van der Waals surface area contributed by atoms with Crippen molar-refractivity contribution in [3.63, 3.8) is 0 Å². The number of fused-ring (bicyclic) bond motifs is 1. The molecule has 2 amide bonds. The number of nitrogens with one attached hydrogen (secondary N) is 2. The van der Waals surface area contributed by atoms with Crippen LogP contribution in [0.25, 0.3) is 10.9 Å². The van der Waals surface area contributed by atoms with E-state index in [-0.39, 0.29) is 24.2 Å². The third kappa shape index (κ3) is 4.11. The zero-order valence-electron chi connectivity index (χ0n) is 16.5. The quantitative estimate of drug-likeness (QED) is 0.646. The molecule has 0 radical (unpaired) electrons. The molecule has 2 heterocycles. The average molecular weight is 391 g/mol. The maximum Gasteiger partial charge on any atom is 0.229 e. The van der Waals surface area contributed by atoms with Gasteiger partial charge in [0.2, 0.25) is 11.8 Å². The number of likely N-dealkylation sites (tertiary alicyclic amines) is 1. The van der Waals surface area contributed by atoms with Crippen molar-refractivity contribution in [3.05, 3.63) is 60.3 Å². The van der Waals surface area contributed by atoms with Crippen LogP contribution in [0.15, 0.2) is 54.7 Å². The van der Waals surface area contributed by atoms with Gasteiger partial charge in [-0.2, -0.15) is 0 Å². The van der Waals surface area contributed by atoms with Gasteiger partial charge in [0.15, 0.2) is 0 Å². The van der Waals surface area contributed by atoms with Crippen molar-refractivity contribution in [2.75, 3.05) is 25.0 Å². The monoisotopic (exact) mass is 391 g/mol. The minimum absolute atomic E-state index is 0.0306. The average Bonchev–Trinajstić information content (AvgIpc) is 3.31. The second-order valence-electron chi connectivity index (χ2n) is 7.27. The van der Waals surface area contributed by atoms with Crippen LogP contribution in [0, 0.1) is 5.92 Å². The first-order valence-corrected chi connectivity index (χ1v) is 10.0. The van der Waals surface area contributed by atoms with Gasteiger partial charge in [-0.3, -0.25) is 9.59 Å². The van der Waals surface area contributed by atoms with Gasteiger partial charge in [0.25, 0.3) is 0 Å². The summed E-state index contributed by atoms with van der Waals surface area (Å²) in [5, 5.41) is 4.11. The van der Waals surface area contributed by atoms with E-state index >= 15 is 0 Å². The molecule has 1 saturated heterocycles. The van der Waals surface area contributed by atoms with Crippen molar-refractivity contribution in [1.82, 2.24) is 9.88 Å². The highest BCUT2D eigenvalue weighted by Crippen LogP contribution is 2.27. The number of nitrogens with zero attached hydrogens (tertiary/aromatic N) is 1. The fourth-order valence-electron chi connectivity index (χ4n) is 3.84. The molecular formula is C23H25N3O3. The number of hydrogen-bond donors (Lipinski definition) is 2. The molecule has 1 unspecified atom stereocenters. The fourth-order valence-corrected chi connectivity index (χ4v) is 3.84. The second-order valence-corrected chi connectivity index (χ2v) is 7.27. The first-order valence-electron chi connectivity index (χ1n) is 10.0. The smallest absolute Gasteiger partial charge is 0.229 e. The molecule has 150 valence electrons. The Morgan fingerprint density at radius 1 is 1.21 bits per heavy atom. The summed E-state index contributed by atoms with van der Waals surface area (Å²) in [5.41, 5.74) is 2.93. The molecule has 1 aliphatic rings. The van der Waals surface area contributed by atoms with Crippen molar-refractivity contribution >= 4 is 28.4 Å². The van der Waals surface area contributed by atoms with Crippen LogP contribution >= 0.6 is 0 Å². The first kappa shape index (κ1) is 19.1. The van der Waals surface area contributed by atoms with Gasteiger partial charge in [0, 0.05) is 36.6 Å². The van der Waals surface area contributed by atoms with Crippen LogP contribution in [0.4, 0.5) is 5.69 Å². The highest BCUT2D eigenvalue weighted by atomic mass is 16.5. The Bertz CT molecular complexity index is 1030. The largest absolute Gasteiger partial charge is 0.492 e. The molecule has 1 atom stereocenters. The molecule has 29 heavy (non-hydrogen) atoms. The molecule has 4 rings (SSSR count). The van der Waals surface area contributed by atoms with Crippen LogP contribution in [0.1, 0.15) is 18.9 Å². The summed E-state index contributed by atoms with van der Waals surface area (Å²) in [6.07, 6.45) is 3.01. The lowest BCUT2D eigenvalue weighted by atomic mass is 10.1. The lowest BCUT2D eigenvalue weighted by Gasteiger charge is -2.17. The number of aromatic amines is 1. The van der Waals surface area contributed by atoms with Crippen LogP contribution in [0.2, 0.25) is 0 Å². The third-order valence-electron chi connectivity index (χ3n) is 5.36. The number of anilines is 1. The van der Waals surface area contributed by atoms with E-state index in [0.717, 1.165) is 11.9 Å². The van der Waals surface area contributed by atoms with Gasteiger partial charge in [-0.05, 0) is 37.1 Å². The van der Waals surface area contributed by atoms with E-state index in [9.17, 15) is 9.59 Å². The summed E-state index contributed by atoms with van der Waals surface area (Å²) in [7, 11) is 0. The molecule has 3 aromatic rings. The van der Waals surface area contributed by atoms with Crippen molar-refractivity contribution in [3.8, 4) is 5.75 Å². The van der Waals surface area contributed by atoms with Crippen LogP contribution in [-0.4, -0.2) is 41.4 Å². The van der Waals surface area contributed by atoms with E-state index in [1.807, 2.05) is 55.6 Å². The lowest BCUT2D eigenvalue weighted by molar-refractivity contribution is -0.128. The van der Waals surface area contributed by atoms with Gasteiger partial charge in [-0.25, -0.2) is 0 Å². The lowest BCUT2D eigenvalue weighted by Crippen LogP contribution is -2.30. The molecule has 6 nitrogen and oxygen atoms in total. The van der Waals surface area contributed by atoms with Crippen molar-refractivity contribution < 1.29 is 14.3 Å². The number of ether oxygens (including phenoxy) is 1. The van der Waals surface area contributed by atoms with Gasteiger partial charge < -0.3 is 19.9 Å². The molecule has 0 spiro atoms. The molecule has 1 aromatic heterocycles. The van der Waals surface area contributed by atoms with Crippen molar-refractivity contribution in [1.29, 1.82) is 0 Å². The molecule has 1 aliphatic heterocycles. The molecule has 0 saturated carbocycles. The Labute approximate surface area is 169 Å². The predicted octanol–water partition coefficient (Wildman–Crippen LogP) is 3.60. The van der Waals surface area contributed by atoms with Crippen molar-refractivity contribution in [2.45, 2.75) is 19.8 Å². The second kappa shape index (κ2) is 8.39. The van der Waals surface area contributed by atoms with Crippen LogP contribution in [0.5, 0.6) is 5.75 Å². The normalized spacial score (nSPS) is 16.4. The third-order valence-corrected chi connectivity index (χ3v) is 5.36. The SMILES string of the molecule is CCOc1ccccc1NC(=O)C1CC(=O)N(CCc2c[nH]c3ccccc23)C1. The van der Waals surface area contributed by atoms with Gasteiger partial charge in [0.1, 0.15) is 5.75 Å².